The van der Waals surface area contributed by atoms with Crippen molar-refractivity contribution >= 4 is 5.97 Å². The van der Waals surface area contributed by atoms with Crippen molar-refractivity contribution in [3.05, 3.63) is 28.6 Å². The van der Waals surface area contributed by atoms with Crippen LogP contribution < -0.4 is 0 Å². The lowest BCUT2D eigenvalue weighted by molar-refractivity contribution is -0.145. The second-order valence-electron chi connectivity index (χ2n) is 3.81. The van der Waals surface area contributed by atoms with Crippen LogP contribution in [0.2, 0.25) is 0 Å². The van der Waals surface area contributed by atoms with Gasteiger partial charge in [0.15, 0.2) is 5.69 Å². The van der Waals surface area contributed by atoms with E-state index in [0.29, 0.717) is 6.07 Å². The van der Waals surface area contributed by atoms with E-state index in [9.17, 15) is 26.7 Å². The molecule has 0 radical (unpaired) electrons. The maximum absolute atomic E-state index is 12.7. The molecule has 0 N–H and O–H groups in total. The SMILES string of the molecule is CCOC(=O)Cc1nc(C(F)(F)F)c(C(F)F)cc1C#N. The number of pyridine rings is 1. The van der Waals surface area contributed by atoms with Gasteiger partial charge in [-0.2, -0.15) is 18.4 Å². The quantitative estimate of drug-likeness (QED) is 0.633. The summed E-state index contributed by atoms with van der Waals surface area (Å²) in [6.45, 7) is 1.47. The first-order valence-electron chi connectivity index (χ1n) is 5.65. The molecule has 0 aromatic carbocycles. The van der Waals surface area contributed by atoms with Gasteiger partial charge in [0.25, 0.3) is 6.43 Å². The van der Waals surface area contributed by atoms with Crippen LogP contribution >= 0.6 is 0 Å². The van der Waals surface area contributed by atoms with Crippen LogP contribution in [-0.4, -0.2) is 17.6 Å². The smallest absolute Gasteiger partial charge is 0.433 e. The van der Waals surface area contributed by atoms with Crippen LogP contribution in [0.4, 0.5) is 22.0 Å². The van der Waals surface area contributed by atoms with Gasteiger partial charge in [0.05, 0.1) is 24.3 Å². The second-order valence-corrected chi connectivity index (χ2v) is 3.81. The lowest BCUT2D eigenvalue weighted by atomic mass is 10.1. The fraction of sp³-hybridized carbons (Fsp3) is 0.417. The molecule has 1 aromatic rings. The number of nitriles is 1. The van der Waals surface area contributed by atoms with Gasteiger partial charge in [-0.15, -0.1) is 0 Å². The molecule has 1 rings (SSSR count). The zero-order valence-corrected chi connectivity index (χ0v) is 10.7. The van der Waals surface area contributed by atoms with Crippen LogP contribution in [0.1, 0.15) is 35.9 Å². The molecule has 9 heteroatoms. The van der Waals surface area contributed by atoms with Crippen molar-refractivity contribution in [2.24, 2.45) is 0 Å². The number of hydrogen-bond acceptors (Lipinski definition) is 4. The Morgan fingerprint density at radius 2 is 2.10 bits per heavy atom. The van der Waals surface area contributed by atoms with Crippen molar-refractivity contribution in [1.29, 1.82) is 5.26 Å². The van der Waals surface area contributed by atoms with Gasteiger partial charge in [-0.1, -0.05) is 0 Å². The van der Waals surface area contributed by atoms with E-state index >= 15 is 0 Å². The molecule has 114 valence electrons. The van der Waals surface area contributed by atoms with Crippen LogP contribution in [0.5, 0.6) is 0 Å². The number of esters is 1. The van der Waals surface area contributed by atoms with E-state index in [1.807, 2.05) is 0 Å². The van der Waals surface area contributed by atoms with Gasteiger partial charge < -0.3 is 4.74 Å². The Morgan fingerprint density at radius 3 is 2.52 bits per heavy atom. The number of carbonyl (C=O) groups is 1. The van der Waals surface area contributed by atoms with Gasteiger partial charge in [0, 0.05) is 5.56 Å². The molecule has 0 aliphatic heterocycles. The van der Waals surface area contributed by atoms with Gasteiger partial charge in [-0.05, 0) is 13.0 Å². The van der Waals surface area contributed by atoms with Crippen molar-refractivity contribution in [3.8, 4) is 6.07 Å². The number of aromatic nitrogens is 1. The predicted octanol–water partition coefficient (Wildman–Crippen LogP) is 3.02. The highest BCUT2D eigenvalue weighted by Gasteiger charge is 2.38. The Bertz CT molecular complexity index is 578. The van der Waals surface area contributed by atoms with E-state index in [0.717, 1.165) is 0 Å². The largest absolute Gasteiger partial charge is 0.466 e. The van der Waals surface area contributed by atoms with E-state index < -0.39 is 47.5 Å². The summed E-state index contributed by atoms with van der Waals surface area (Å²) in [5, 5.41) is 8.79. The fourth-order valence-electron chi connectivity index (χ4n) is 1.54. The van der Waals surface area contributed by atoms with E-state index in [1.54, 1.807) is 0 Å². The van der Waals surface area contributed by atoms with Crippen LogP contribution in [-0.2, 0) is 22.1 Å². The second kappa shape index (κ2) is 6.47. The molecule has 0 fully saturated rings. The minimum absolute atomic E-state index is 0.0119. The molecule has 0 amide bonds. The molecule has 0 bridgehead atoms. The number of ether oxygens (including phenoxy) is 1. The van der Waals surface area contributed by atoms with Gasteiger partial charge in [-0.3, -0.25) is 4.79 Å². The number of hydrogen-bond donors (Lipinski definition) is 0. The van der Waals surface area contributed by atoms with E-state index in [1.165, 1.54) is 13.0 Å². The molecule has 0 saturated carbocycles. The maximum atomic E-state index is 12.7. The van der Waals surface area contributed by atoms with Crippen LogP contribution in [0, 0.1) is 11.3 Å². The topological polar surface area (TPSA) is 63.0 Å². The average molecular weight is 308 g/mol. The first kappa shape index (κ1) is 16.8. The van der Waals surface area contributed by atoms with Gasteiger partial charge in [0.1, 0.15) is 6.07 Å². The summed E-state index contributed by atoms with van der Waals surface area (Å²) in [6.07, 6.45) is -9.27. The molecule has 0 atom stereocenters. The molecule has 1 heterocycles. The molecule has 21 heavy (non-hydrogen) atoms. The van der Waals surface area contributed by atoms with E-state index in [-0.39, 0.29) is 6.61 Å². The lowest BCUT2D eigenvalue weighted by Gasteiger charge is -2.14. The van der Waals surface area contributed by atoms with E-state index in [2.05, 4.69) is 9.72 Å². The first-order valence-corrected chi connectivity index (χ1v) is 5.65. The Balaban J connectivity index is 3.38. The zero-order valence-electron chi connectivity index (χ0n) is 10.7. The number of halogens is 5. The Hall–Kier alpha value is -2.24. The number of alkyl halides is 5. The van der Waals surface area contributed by atoms with Crippen LogP contribution in [0.15, 0.2) is 6.07 Å². The average Bonchev–Trinajstić information content (AvgIpc) is 2.37. The number of carbonyl (C=O) groups excluding carboxylic acids is 1. The number of nitrogens with zero attached hydrogens (tertiary/aromatic N) is 2. The van der Waals surface area contributed by atoms with Crippen molar-refractivity contribution < 1.29 is 31.5 Å². The number of rotatable bonds is 4. The fourth-order valence-corrected chi connectivity index (χ4v) is 1.54. The van der Waals surface area contributed by atoms with Gasteiger partial charge in [-0.25, -0.2) is 13.8 Å². The van der Waals surface area contributed by atoms with Crippen molar-refractivity contribution in [2.75, 3.05) is 6.61 Å². The molecular formula is C12H9F5N2O2. The molecule has 1 aromatic heterocycles. The predicted molar refractivity (Wildman–Crippen MR) is 59.2 cm³/mol. The molecule has 0 aliphatic rings. The highest BCUT2D eigenvalue weighted by atomic mass is 19.4. The Morgan fingerprint density at radius 1 is 1.48 bits per heavy atom. The Labute approximate surface area is 116 Å². The summed E-state index contributed by atoms with van der Waals surface area (Å²) in [5.74, 6) is -0.903. The molecule has 0 unspecified atom stereocenters. The van der Waals surface area contributed by atoms with Crippen LogP contribution in [0.3, 0.4) is 0 Å². The summed E-state index contributed by atoms with van der Waals surface area (Å²) in [5.41, 5.74) is -4.28. The summed E-state index contributed by atoms with van der Waals surface area (Å²) in [6, 6.07) is 1.84. The third kappa shape index (κ3) is 4.11. The molecular weight excluding hydrogens is 299 g/mol. The maximum Gasteiger partial charge on any atom is 0.433 e. The molecule has 0 spiro atoms. The summed E-state index contributed by atoms with van der Waals surface area (Å²) in [4.78, 5) is 14.3. The van der Waals surface area contributed by atoms with Gasteiger partial charge >= 0.3 is 12.1 Å². The standard InChI is InChI=1S/C12H9F5N2O2/c1-2-21-9(20)4-8-6(5-18)3-7(11(13)14)10(19-8)12(15,16)17/h3,11H,2,4H2,1H3. The van der Waals surface area contributed by atoms with Crippen molar-refractivity contribution in [2.45, 2.75) is 25.9 Å². The highest BCUT2D eigenvalue weighted by molar-refractivity contribution is 5.73. The summed E-state index contributed by atoms with van der Waals surface area (Å²) >= 11 is 0. The highest BCUT2D eigenvalue weighted by Crippen LogP contribution is 2.36. The third-order valence-electron chi connectivity index (χ3n) is 2.37. The zero-order chi connectivity index (χ0) is 16.2. The third-order valence-corrected chi connectivity index (χ3v) is 2.37. The van der Waals surface area contributed by atoms with Gasteiger partial charge in [0.2, 0.25) is 0 Å². The monoisotopic (exact) mass is 308 g/mol. The summed E-state index contributed by atoms with van der Waals surface area (Å²) < 4.78 is 68.0. The Kier molecular flexibility index (Phi) is 5.18. The molecule has 0 aliphatic carbocycles. The first-order chi connectivity index (χ1) is 9.70. The molecule has 4 nitrogen and oxygen atoms in total. The van der Waals surface area contributed by atoms with E-state index in [4.69, 9.17) is 5.26 Å². The minimum Gasteiger partial charge on any atom is -0.466 e. The lowest BCUT2D eigenvalue weighted by Crippen LogP contribution is -2.17. The minimum atomic E-state index is -5.12. The summed E-state index contributed by atoms with van der Waals surface area (Å²) in [7, 11) is 0. The normalized spacial score (nSPS) is 11.3. The van der Waals surface area contributed by atoms with Crippen LogP contribution in [0.25, 0.3) is 0 Å². The molecule has 0 saturated heterocycles. The van der Waals surface area contributed by atoms with Crippen molar-refractivity contribution in [1.82, 2.24) is 4.98 Å². The van der Waals surface area contributed by atoms with Crippen molar-refractivity contribution in [3.63, 3.8) is 0 Å².